The lowest BCUT2D eigenvalue weighted by atomic mass is 9.85. The normalized spacial score (nSPS) is 16.0. The highest BCUT2D eigenvalue weighted by Crippen LogP contribution is 2.27. The number of aromatic amines is 1. The van der Waals surface area contributed by atoms with E-state index in [0.717, 1.165) is 35.7 Å². The zero-order valence-electron chi connectivity index (χ0n) is 17.7. The number of carbonyl (C=O) groups is 2. The Labute approximate surface area is 186 Å². The van der Waals surface area contributed by atoms with Crippen LogP contribution in [0.5, 0.6) is 0 Å². The first-order valence-electron chi connectivity index (χ1n) is 10.9. The molecule has 1 unspecified atom stereocenters. The van der Waals surface area contributed by atoms with Crippen LogP contribution >= 0.6 is 0 Å². The summed E-state index contributed by atoms with van der Waals surface area (Å²) in [5.74, 6) is 4.42. The zero-order chi connectivity index (χ0) is 22.6. The van der Waals surface area contributed by atoms with E-state index in [2.05, 4.69) is 22.1 Å². The number of rotatable bonds is 5. The van der Waals surface area contributed by atoms with E-state index in [1.165, 1.54) is 0 Å². The lowest BCUT2D eigenvalue weighted by molar-refractivity contribution is -0.139. The standard InChI is InChI=1S/C26H26N2O4/c29-24(19-10-8-18(9-11-19)12-15-26(32)13-4-1-5-14-26)28-23(25(30)31)16-20-17-27-22-7-3-2-6-21(20)22/h2-3,6-11,17,23,27,32H,1,4-5,13-14,16H2,(H,28,29)(H,30,31). The molecule has 4 N–H and O–H groups in total. The van der Waals surface area contributed by atoms with E-state index >= 15 is 0 Å². The number of amides is 1. The molecule has 0 saturated heterocycles. The molecule has 1 heterocycles. The number of nitrogens with one attached hydrogen (secondary N) is 2. The first-order chi connectivity index (χ1) is 15.4. The average Bonchev–Trinajstić information content (AvgIpc) is 3.21. The topological polar surface area (TPSA) is 102 Å². The maximum Gasteiger partial charge on any atom is 0.326 e. The van der Waals surface area contributed by atoms with Crippen LogP contribution in [0.2, 0.25) is 0 Å². The highest BCUT2D eigenvalue weighted by molar-refractivity contribution is 5.97. The number of aromatic nitrogens is 1. The minimum atomic E-state index is -1.09. The van der Waals surface area contributed by atoms with Crippen LogP contribution in [0.1, 0.15) is 53.6 Å². The summed E-state index contributed by atoms with van der Waals surface area (Å²) >= 11 is 0. The number of carboxylic acids is 1. The number of fused-ring (bicyclic) bond motifs is 1. The van der Waals surface area contributed by atoms with Gasteiger partial charge in [-0.05, 0) is 61.6 Å². The smallest absolute Gasteiger partial charge is 0.326 e. The van der Waals surface area contributed by atoms with Crippen molar-refractivity contribution in [1.29, 1.82) is 0 Å². The quantitative estimate of drug-likeness (QED) is 0.464. The molecule has 1 aromatic heterocycles. The zero-order valence-corrected chi connectivity index (χ0v) is 17.7. The Kier molecular flexibility index (Phi) is 6.29. The molecule has 0 spiro atoms. The van der Waals surface area contributed by atoms with Gasteiger partial charge in [0, 0.05) is 34.6 Å². The molecule has 0 aliphatic heterocycles. The lowest BCUT2D eigenvalue weighted by Gasteiger charge is -2.26. The van der Waals surface area contributed by atoms with E-state index < -0.39 is 23.5 Å². The summed E-state index contributed by atoms with van der Waals surface area (Å²) in [6.07, 6.45) is 6.42. The van der Waals surface area contributed by atoms with Crippen LogP contribution in [0, 0.1) is 11.8 Å². The van der Waals surface area contributed by atoms with Crippen LogP contribution in [0.25, 0.3) is 10.9 Å². The Bertz CT molecular complexity index is 1180. The molecule has 32 heavy (non-hydrogen) atoms. The summed E-state index contributed by atoms with van der Waals surface area (Å²) in [7, 11) is 0. The van der Waals surface area contributed by atoms with Gasteiger partial charge in [-0.2, -0.15) is 0 Å². The number of carboxylic acid groups (broad SMARTS) is 1. The number of H-pyrrole nitrogens is 1. The molecule has 1 saturated carbocycles. The predicted octanol–water partition coefficient (Wildman–Crippen LogP) is 3.64. The van der Waals surface area contributed by atoms with E-state index in [-0.39, 0.29) is 6.42 Å². The van der Waals surface area contributed by atoms with E-state index in [0.29, 0.717) is 24.0 Å². The van der Waals surface area contributed by atoms with Crippen molar-refractivity contribution < 1.29 is 19.8 Å². The maximum absolute atomic E-state index is 12.7. The summed E-state index contributed by atoms with van der Waals surface area (Å²) in [5, 5.41) is 23.7. The minimum absolute atomic E-state index is 0.174. The Morgan fingerprint density at radius 3 is 2.50 bits per heavy atom. The molecule has 6 heteroatoms. The number of aliphatic hydroxyl groups is 1. The van der Waals surface area contributed by atoms with Crippen LogP contribution in [0.15, 0.2) is 54.7 Å². The van der Waals surface area contributed by atoms with Crippen LogP contribution in [0.4, 0.5) is 0 Å². The number of para-hydroxylation sites is 1. The highest BCUT2D eigenvalue weighted by Gasteiger charge is 2.26. The predicted molar refractivity (Wildman–Crippen MR) is 122 cm³/mol. The van der Waals surface area contributed by atoms with Crippen molar-refractivity contribution in [3.8, 4) is 11.8 Å². The molecule has 0 bridgehead atoms. The number of hydrogen-bond donors (Lipinski definition) is 4. The SMILES string of the molecule is O=C(NC(Cc1c[nH]c2ccccc12)C(=O)O)c1ccc(C#CC2(O)CCCCC2)cc1. The van der Waals surface area contributed by atoms with Crippen LogP contribution in [0.3, 0.4) is 0 Å². The van der Waals surface area contributed by atoms with E-state index in [9.17, 15) is 19.8 Å². The van der Waals surface area contributed by atoms with Gasteiger partial charge >= 0.3 is 5.97 Å². The fraction of sp³-hybridized carbons (Fsp3) is 0.308. The third-order valence-corrected chi connectivity index (χ3v) is 5.97. The van der Waals surface area contributed by atoms with Crippen LogP contribution < -0.4 is 5.32 Å². The molecular formula is C26H26N2O4. The first kappa shape index (κ1) is 21.7. The van der Waals surface area contributed by atoms with Gasteiger partial charge < -0.3 is 20.5 Å². The van der Waals surface area contributed by atoms with Crippen molar-refractivity contribution in [2.24, 2.45) is 0 Å². The largest absolute Gasteiger partial charge is 0.480 e. The molecule has 1 aliphatic rings. The van der Waals surface area contributed by atoms with E-state index in [1.807, 2.05) is 24.3 Å². The third-order valence-electron chi connectivity index (χ3n) is 5.97. The summed E-state index contributed by atoms with van der Waals surface area (Å²) in [4.78, 5) is 27.6. The van der Waals surface area contributed by atoms with Crippen molar-refractivity contribution in [2.45, 2.75) is 50.2 Å². The van der Waals surface area contributed by atoms with Gasteiger partial charge in [-0.3, -0.25) is 4.79 Å². The fourth-order valence-corrected chi connectivity index (χ4v) is 4.12. The van der Waals surface area contributed by atoms with Gasteiger partial charge in [0.15, 0.2) is 0 Å². The van der Waals surface area contributed by atoms with Crippen molar-refractivity contribution >= 4 is 22.8 Å². The van der Waals surface area contributed by atoms with Gasteiger partial charge in [0.1, 0.15) is 11.6 Å². The monoisotopic (exact) mass is 430 g/mol. The molecular weight excluding hydrogens is 404 g/mol. The van der Waals surface area contributed by atoms with Crippen LogP contribution in [-0.2, 0) is 11.2 Å². The number of carbonyl (C=O) groups excluding carboxylic acids is 1. The van der Waals surface area contributed by atoms with Crippen molar-refractivity contribution in [3.05, 3.63) is 71.4 Å². The second kappa shape index (κ2) is 9.29. The molecule has 164 valence electrons. The number of aliphatic carboxylic acids is 1. The summed E-state index contributed by atoms with van der Waals surface area (Å²) in [5.41, 5.74) is 1.89. The maximum atomic E-state index is 12.7. The number of benzene rings is 2. The third kappa shape index (κ3) is 5.01. The second-order valence-electron chi connectivity index (χ2n) is 8.35. The van der Waals surface area contributed by atoms with Gasteiger partial charge in [-0.15, -0.1) is 0 Å². The Balaban J connectivity index is 1.43. The van der Waals surface area contributed by atoms with Gasteiger partial charge in [0.25, 0.3) is 5.91 Å². The Morgan fingerprint density at radius 2 is 1.78 bits per heavy atom. The molecule has 1 aliphatic carbocycles. The fourth-order valence-electron chi connectivity index (χ4n) is 4.12. The Hall–Kier alpha value is -3.56. The summed E-state index contributed by atoms with van der Waals surface area (Å²) < 4.78 is 0. The van der Waals surface area contributed by atoms with Crippen molar-refractivity contribution in [2.75, 3.05) is 0 Å². The molecule has 1 atom stereocenters. The van der Waals surface area contributed by atoms with Gasteiger partial charge in [-0.1, -0.05) is 36.5 Å². The average molecular weight is 431 g/mol. The van der Waals surface area contributed by atoms with Crippen LogP contribution in [-0.4, -0.2) is 38.7 Å². The molecule has 1 fully saturated rings. The lowest BCUT2D eigenvalue weighted by Crippen LogP contribution is -2.42. The van der Waals surface area contributed by atoms with Gasteiger partial charge in [0.2, 0.25) is 0 Å². The van der Waals surface area contributed by atoms with Crippen molar-refractivity contribution in [1.82, 2.24) is 10.3 Å². The van der Waals surface area contributed by atoms with Crippen molar-refractivity contribution in [3.63, 3.8) is 0 Å². The molecule has 2 aromatic carbocycles. The molecule has 3 aromatic rings. The molecule has 4 rings (SSSR count). The molecule has 1 amide bonds. The Morgan fingerprint density at radius 1 is 1.06 bits per heavy atom. The second-order valence-corrected chi connectivity index (χ2v) is 8.35. The minimum Gasteiger partial charge on any atom is -0.480 e. The van der Waals surface area contributed by atoms with E-state index in [1.54, 1.807) is 30.5 Å². The van der Waals surface area contributed by atoms with Gasteiger partial charge in [-0.25, -0.2) is 4.79 Å². The summed E-state index contributed by atoms with van der Waals surface area (Å²) in [6, 6.07) is 13.3. The molecule has 0 radical (unpaired) electrons. The highest BCUT2D eigenvalue weighted by atomic mass is 16.4. The first-order valence-corrected chi connectivity index (χ1v) is 10.9. The summed E-state index contributed by atoms with van der Waals surface area (Å²) in [6.45, 7) is 0. The van der Waals surface area contributed by atoms with Gasteiger partial charge in [0.05, 0.1) is 0 Å². The molecule has 6 nitrogen and oxygen atoms in total. The number of hydrogen-bond acceptors (Lipinski definition) is 3. The van der Waals surface area contributed by atoms with E-state index in [4.69, 9.17) is 0 Å².